The number of hydrogen-bond acceptors (Lipinski definition) is 2. The fourth-order valence-corrected chi connectivity index (χ4v) is 1.49. The maximum atomic E-state index is 10.7. The number of benzene rings is 1. The van der Waals surface area contributed by atoms with Gasteiger partial charge in [0.25, 0.3) is 0 Å². The van der Waals surface area contributed by atoms with E-state index >= 15 is 0 Å². The zero-order valence-electron chi connectivity index (χ0n) is 7.19. The Balaban J connectivity index is 0.00000144. The molecule has 0 atom stereocenters. The van der Waals surface area contributed by atoms with Gasteiger partial charge in [0.15, 0.2) is 0 Å². The van der Waals surface area contributed by atoms with Crippen LogP contribution in [0.2, 0.25) is 0 Å². The molecule has 0 spiro atoms. The maximum absolute atomic E-state index is 10.7. The molecule has 1 rings (SSSR count). The molecule has 64 valence electrons. The minimum Gasteiger partial charge on any atom is -0.291 e. The summed E-state index contributed by atoms with van der Waals surface area (Å²) in [5.74, 6) is 0. The molecule has 0 unspecified atom stereocenters. The van der Waals surface area contributed by atoms with E-state index < -0.39 is 10.1 Å². The monoisotopic (exact) mass is 206 g/mol. The van der Waals surface area contributed by atoms with Crippen LogP contribution in [0.1, 0.15) is 5.56 Å². The fraction of sp³-hybridized carbons (Fsp3) is 0. The van der Waals surface area contributed by atoms with E-state index in [1.165, 1.54) is 18.2 Å². The van der Waals surface area contributed by atoms with Gasteiger partial charge < -0.3 is 0 Å². The van der Waals surface area contributed by atoms with Gasteiger partial charge in [0.1, 0.15) is 0 Å². The third-order valence-electron chi connectivity index (χ3n) is 1.36. The normalized spacial score (nSPS) is 10.2. The van der Waals surface area contributed by atoms with Gasteiger partial charge in [-0.05, 0) is 4.90 Å². The van der Waals surface area contributed by atoms with Crippen molar-refractivity contribution in [2.24, 2.45) is 0 Å². The second-order valence-electron chi connectivity index (χ2n) is 2.14. The predicted molar refractivity (Wildman–Crippen MR) is 45.2 cm³/mol. The van der Waals surface area contributed by atoms with E-state index in [1.54, 1.807) is 6.07 Å². The molecule has 5 heteroatoms. The van der Waals surface area contributed by atoms with Crippen molar-refractivity contribution < 1.29 is 42.5 Å². The average molecular weight is 206 g/mol. The summed E-state index contributed by atoms with van der Waals surface area (Å²) in [6.07, 6.45) is 1.36. The molecule has 1 N–H and O–H groups in total. The summed E-state index contributed by atoms with van der Waals surface area (Å²) in [5, 5.41) is 0. The van der Waals surface area contributed by atoms with Crippen molar-refractivity contribution in [1.29, 1.82) is 0 Å². The fourth-order valence-electron chi connectivity index (χ4n) is 0.819. The van der Waals surface area contributed by atoms with Crippen molar-refractivity contribution in [2.45, 2.75) is 4.90 Å². The van der Waals surface area contributed by atoms with E-state index in [-0.39, 0.29) is 34.5 Å². The third-order valence-corrected chi connectivity index (χ3v) is 2.27. The first-order valence-corrected chi connectivity index (χ1v) is 4.60. The van der Waals surface area contributed by atoms with Crippen LogP contribution in [0, 0.1) is 6.07 Å². The molecule has 0 saturated carbocycles. The summed E-state index contributed by atoms with van der Waals surface area (Å²) in [4.78, 5) is -0.167. The molecule has 3 nitrogen and oxygen atoms in total. The summed E-state index contributed by atoms with van der Waals surface area (Å²) in [5.41, 5.74) is 0.372. The minimum atomic E-state index is -4.15. The van der Waals surface area contributed by atoms with Gasteiger partial charge in [-0.1, -0.05) is 6.08 Å². The predicted octanol–water partition coefficient (Wildman–Crippen LogP) is -1.62. The second kappa shape index (κ2) is 4.93. The Labute approximate surface area is 99.5 Å². The number of hydrogen-bond donors (Lipinski definition) is 1. The Kier molecular flexibility index (Phi) is 4.88. The molecular formula is C8H7NaO3S. The molecule has 0 aliphatic rings. The smallest absolute Gasteiger partial charge is 0.291 e. The Hall–Kier alpha value is -0.130. The van der Waals surface area contributed by atoms with Gasteiger partial charge in [-0.2, -0.15) is 24.3 Å². The first kappa shape index (κ1) is 12.9. The van der Waals surface area contributed by atoms with Crippen molar-refractivity contribution in [2.75, 3.05) is 0 Å². The van der Waals surface area contributed by atoms with Crippen LogP contribution in [-0.2, 0) is 10.1 Å². The van der Waals surface area contributed by atoms with Gasteiger partial charge in [-0.3, -0.25) is 4.55 Å². The van der Waals surface area contributed by atoms with Crippen LogP contribution in [-0.4, -0.2) is 13.0 Å². The standard InChI is InChI=1S/C8H7O3S.Na/c1-2-7-5-3-4-6-8(7)12(9,10)11;/h2-3,5-6H,1H2,(H,9,10,11);/q-1;+1. The van der Waals surface area contributed by atoms with E-state index in [1.807, 2.05) is 0 Å². The van der Waals surface area contributed by atoms with E-state index in [2.05, 4.69) is 12.6 Å². The first-order valence-electron chi connectivity index (χ1n) is 3.15. The molecule has 0 aromatic heterocycles. The Morgan fingerprint density at radius 2 is 2.15 bits per heavy atom. The van der Waals surface area contributed by atoms with Crippen molar-refractivity contribution in [3.05, 3.63) is 36.4 Å². The van der Waals surface area contributed by atoms with Crippen LogP contribution in [0.15, 0.2) is 29.7 Å². The van der Waals surface area contributed by atoms with E-state index in [9.17, 15) is 8.42 Å². The zero-order valence-corrected chi connectivity index (χ0v) is 10.0. The van der Waals surface area contributed by atoms with Crippen molar-refractivity contribution in [3.8, 4) is 0 Å². The van der Waals surface area contributed by atoms with Crippen LogP contribution < -0.4 is 29.6 Å². The molecule has 0 aliphatic heterocycles. The average Bonchev–Trinajstić information content (AvgIpc) is 2.03. The SMILES string of the molecule is C=Cc1cc[c-]cc1S(=O)(=O)O.[Na+]. The van der Waals surface area contributed by atoms with Crippen LogP contribution >= 0.6 is 0 Å². The van der Waals surface area contributed by atoms with Crippen LogP contribution in [0.25, 0.3) is 6.08 Å². The largest absolute Gasteiger partial charge is 1.00 e. The van der Waals surface area contributed by atoms with Crippen LogP contribution in [0.5, 0.6) is 0 Å². The topological polar surface area (TPSA) is 54.4 Å². The molecule has 0 fully saturated rings. The Morgan fingerprint density at radius 3 is 2.54 bits per heavy atom. The van der Waals surface area contributed by atoms with Crippen molar-refractivity contribution in [3.63, 3.8) is 0 Å². The van der Waals surface area contributed by atoms with Crippen LogP contribution in [0.3, 0.4) is 0 Å². The first-order chi connectivity index (χ1) is 5.55. The van der Waals surface area contributed by atoms with Gasteiger partial charge in [0.2, 0.25) is 10.1 Å². The second-order valence-corrected chi connectivity index (χ2v) is 3.53. The minimum absolute atomic E-state index is 0. The molecule has 0 heterocycles. The van der Waals surface area contributed by atoms with Gasteiger partial charge >= 0.3 is 29.6 Å². The quantitative estimate of drug-likeness (QED) is 0.359. The third kappa shape index (κ3) is 3.25. The van der Waals surface area contributed by atoms with Gasteiger partial charge in [-0.15, -0.1) is 12.1 Å². The van der Waals surface area contributed by atoms with Gasteiger partial charge in [-0.25, -0.2) is 8.42 Å². The maximum Gasteiger partial charge on any atom is 1.00 e. The molecular weight excluding hydrogens is 199 g/mol. The molecule has 1 aromatic rings. The summed E-state index contributed by atoms with van der Waals surface area (Å²) in [6, 6.07) is 6.81. The molecule has 0 aliphatic carbocycles. The summed E-state index contributed by atoms with van der Waals surface area (Å²) in [6.45, 7) is 3.42. The summed E-state index contributed by atoms with van der Waals surface area (Å²) >= 11 is 0. The summed E-state index contributed by atoms with van der Waals surface area (Å²) < 4.78 is 30.1. The van der Waals surface area contributed by atoms with Crippen LogP contribution in [0.4, 0.5) is 0 Å². The molecule has 0 bridgehead atoms. The van der Waals surface area contributed by atoms with E-state index in [4.69, 9.17) is 4.55 Å². The zero-order chi connectivity index (χ0) is 9.19. The molecule has 0 radical (unpaired) electrons. The summed E-state index contributed by atoms with van der Waals surface area (Å²) in [7, 11) is -4.15. The van der Waals surface area contributed by atoms with E-state index in [0.29, 0.717) is 5.56 Å². The molecule has 0 amide bonds. The van der Waals surface area contributed by atoms with E-state index in [0.717, 1.165) is 0 Å². The molecule has 13 heavy (non-hydrogen) atoms. The number of rotatable bonds is 2. The van der Waals surface area contributed by atoms with Gasteiger partial charge in [0.05, 0.1) is 0 Å². The van der Waals surface area contributed by atoms with Crippen molar-refractivity contribution >= 4 is 16.2 Å². The van der Waals surface area contributed by atoms with Crippen molar-refractivity contribution in [1.82, 2.24) is 0 Å². The Morgan fingerprint density at radius 1 is 1.54 bits per heavy atom. The molecule has 1 aromatic carbocycles. The Bertz CT molecular complexity index is 398. The molecule has 0 saturated heterocycles. The van der Waals surface area contributed by atoms with Gasteiger partial charge in [0, 0.05) is 0 Å².